The molecular formula is C18H23N5O2. The SMILES string of the molecule is C[C@@H](NC(=O)NCc1cccnc1N1CCOCC1)c1ccccn1. The molecule has 7 heteroatoms. The summed E-state index contributed by atoms with van der Waals surface area (Å²) in [6, 6.07) is 9.14. The number of morpholine rings is 1. The van der Waals surface area contributed by atoms with Crippen LogP contribution < -0.4 is 15.5 Å². The highest BCUT2D eigenvalue weighted by Gasteiger charge is 2.16. The van der Waals surface area contributed by atoms with Crippen molar-refractivity contribution in [2.24, 2.45) is 0 Å². The molecule has 0 unspecified atom stereocenters. The van der Waals surface area contributed by atoms with Gasteiger partial charge in [0, 0.05) is 37.6 Å². The highest BCUT2D eigenvalue weighted by molar-refractivity contribution is 5.74. The molecule has 2 N–H and O–H groups in total. The number of hydrogen-bond acceptors (Lipinski definition) is 5. The Morgan fingerprint density at radius 3 is 2.76 bits per heavy atom. The molecule has 2 aromatic heterocycles. The third-order valence-electron chi connectivity index (χ3n) is 4.10. The molecule has 25 heavy (non-hydrogen) atoms. The van der Waals surface area contributed by atoms with E-state index in [0.717, 1.165) is 30.2 Å². The van der Waals surface area contributed by atoms with E-state index in [9.17, 15) is 4.79 Å². The van der Waals surface area contributed by atoms with E-state index >= 15 is 0 Å². The second kappa shape index (κ2) is 8.43. The lowest BCUT2D eigenvalue weighted by Crippen LogP contribution is -2.39. The fourth-order valence-electron chi connectivity index (χ4n) is 2.76. The zero-order valence-electron chi connectivity index (χ0n) is 14.3. The van der Waals surface area contributed by atoms with Crippen molar-refractivity contribution in [3.05, 3.63) is 54.0 Å². The van der Waals surface area contributed by atoms with Crippen LogP contribution in [-0.4, -0.2) is 42.3 Å². The van der Waals surface area contributed by atoms with Crippen molar-refractivity contribution < 1.29 is 9.53 Å². The van der Waals surface area contributed by atoms with E-state index in [1.165, 1.54) is 0 Å². The van der Waals surface area contributed by atoms with Crippen molar-refractivity contribution in [3.63, 3.8) is 0 Å². The summed E-state index contributed by atoms with van der Waals surface area (Å²) in [6.45, 7) is 5.35. The number of nitrogens with one attached hydrogen (secondary N) is 2. The average Bonchev–Trinajstić information content (AvgIpc) is 2.68. The van der Waals surface area contributed by atoms with Gasteiger partial charge in [-0.1, -0.05) is 12.1 Å². The lowest BCUT2D eigenvalue weighted by molar-refractivity contribution is 0.122. The zero-order chi connectivity index (χ0) is 17.5. The average molecular weight is 341 g/mol. The van der Waals surface area contributed by atoms with Crippen LogP contribution in [0.2, 0.25) is 0 Å². The van der Waals surface area contributed by atoms with Gasteiger partial charge in [0.25, 0.3) is 0 Å². The summed E-state index contributed by atoms with van der Waals surface area (Å²) in [5.41, 5.74) is 1.82. The van der Waals surface area contributed by atoms with Crippen molar-refractivity contribution in [2.75, 3.05) is 31.2 Å². The molecule has 0 aromatic carbocycles. The molecule has 0 radical (unpaired) electrons. The molecule has 3 rings (SSSR count). The van der Waals surface area contributed by atoms with Gasteiger partial charge in [-0.3, -0.25) is 4.98 Å². The first-order chi connectivity index (χ1) is 12.2. The number of rotatable bonds is 5. The number of aromatic nitrogens is 2. The standard InChI is InChI=1S/C18H23N5O2/c1-14(16-6-2-3-7-19-16)22-18(24)21-13-15-5-4-8-20-17(15)23-9-11-25-12-10-23/h2-8,14H,9-13H2,1H3,(H2,21,22,24)/t14-/m1/s1. The van der Waals surface area contributed by atoms with Crippen LogP contribution >= 0.6 is 0 Å². The van der Waals surface area contributed by atoms with Gasteiger partial charge >= 0.3 is 6.03 Å². The minimum Gasteiger partial charge on any atom is -0.378 e. The van der Waals surface area contributed by atoms with Crippen molar-refractivity contribution >= 4 is 11.8 Å². The van der Waals surface area contributed by atoms with Gasteiger partial charge in [-0.05, 0) is 25.1 Å². The molecule has 0 aliphatic carbocycles. The topological polar surface area (TPSA) is 79.4 Å². The van der Waals surface area contributed by atoms with Gasteiger partial charge in [-0.25, -0.2) is 9.78 Å². The predicted molar refractivity (Wildman–Crippen MR) is 95.3 cm³/mol. The monoisotopic (exact) mass is 341 g/mol. The van der Waals surface area contributed by atoms with Gasteiger partial charge in [0.2, 0.25) is 0 Å². The summed E-state index contributed by atoms with van der Waals surface area (Å²) in [4.78, 5) is 23.1. The van der Waals surface area contributed by atoms with E-state index in [0.29, 0.717) is 19.8 Å². The van der Waals surface area contributed by atoms with Gasteiger partial charge in [0.05, 0.1) is 24.9 Å². The van der Waals surface area contributed by atoms with E-state index in [2.05, 4.69) is 25.5 Å². The highest BCUT2D eigenvalue weighted by atomic mass is 16.5. The molecule has 3 heterocycles. The second-order valence-electron chi connectivity index (χ2n) is 5.89. The normalized spacial score (nSPS) is 15.5. The van der Waals surface area contributed by atoms with Crippen LogP contribution in [0.25, 0.3) is 0 Å². The van der Waals surface area contributed by atoms with Crippen molar-refractivity contribution in [1.29, 1.82) is 0 Å². The number of carbonyl (C=O) groups excluding carboxylic acids is 1. The molecule has 1 aliphatic rings. The number of ether oxygens (including phenoxy) is 1. The largest absolute Gasteiger partial charge is 0.378 e. The Balaban J connectivity index is 1.57. The number of amides is 2. The maximum Gasteiger partial charge on any atom is 0.315 e. The van der Waals surface area contributed by atoms with Gasteiger partial charge < -0.3 is 20.3 Å². The minimum atomic E-state index is -0.227. The zero-order valence-corrected chi connectivity index (χ0v) is 14.3. The summed E-state index contributed by atoms with van der Waals surface area (Å²) < 4.78 is 5.39. The van der Waals surface area contributed by atoms with Crippen LogP contribution in [0.1, 0.15) is 24.2 Å². The van der Waals surface area contributed by atoms with Crippen LogP contribution in [0, 0.1) is 0 Å². The molecule has 132 valence electrons. The summed E-state index contributed by atoms with van der Waals surface area (Å²) in [5.74, 6) is 0.906. The Hall–Kier alpha value is -2.67. The number of pyridine rings is 2. The van der Waals surface area contributed by atoms with Crippen molar-refractivity contribution in [2.45, 2.75) is 19.5 Å². The van der Waals surface area contributed by atoms with Gasteiger partial charge in [0.15, 0.2) is 0 Å². The number of nitrogens with zero attached hydrogens (tertiary/aromatic N) is 3. The number of anilines is 1. The molecule has 1 saturated heterocycles. The third kappa shape index (κ3) is 4.67. The van der Waals surface area contributed by atoms with Gasteiger partial charge in [-0.2, -0.15) is 0 Å². The Morgan fingerprint density at radius 2 is 2.00 bits per heavy atom. The molecule has 7 nitrogen and oxygen atoms in total. The van der Waals surface area contributed by atoms with Crippen LogP contribution in [0.15, 0.2) is 42.7 Å². The Labute approximate surface area is 147 Å². The fourth-order valence-corrected chi connectivity index (χ4v) is 2.76. The van der Waals surface area contributed by atoms with Crippen molar-refractivity contribution in [1.82, 2.24) is 20.6 Å². The highest BCUT2D eigenvalue weighted by Crippen LogP contribution is 2.18. The van der Waals surface area contributed by atoms with E-state index in [-0.39, 0.29) is 12.1 Å². The van der Waals surface area contributed by atoms with Crippen LogP contribution in [-0.2, 0) is 11.3 Å². The number of urea groups is 1. The molecule has 0 saturated carbocycles. The van der Waals surface area contributed by atoms with Crippen LogP contribution in [0.3, 0.4) is 0 Å². The van der Waals surface area contributed by atoms with Gasteiger partial charge in [0.1, 0.15) is 5.82 Å². The first-order valence-electron chi connectivity index (χ1n) is 8.46. The molecule has 2 amide bonds. The predicted octanol–water partition coefficient (Wildman–Crippen LogP) is 1.87. The van der Waals surface area contributed by atoms with Crippen LogP contribution in [0.5, 0.6) is 0 Å². The molecule has 1 fully saturated rings. The van der Waals surface area contributed by atoms with Gasteiger partial charge in [-0.15, -0.1) is 0 Å². The van der Waals surface area contributed by atoms with E-state index < -0.39 is 0 Å². The third-order valence-corrected chi connectivity index (χ3v) is 4.10. The molecule has 0 bridgehead atoms. The Kier molecular flexibility index (Phi) is 5.79. The van der Waals surface area contributed by atoms with E-state index in [1.54, 1.807) is 12.4 Å². The van der Waals surface area contributed by atoms with Crippen LogP contribution in [0.4, 0.5) is 10.6 Å². The second-order valence-corrected chi connectivity index (χ2v) is 5.89. The van der Waals surface area contributed by atoms with E-state index in [1.807, 2.05) is 37.3 Å². The maximum atomic E-state index is 12.2. The summed E-state index contributed by atoms with van der Waals surface area (Å²) in [5, 5.41) is 5.80. The quantitative estimate of drug-likeness (QED) is 0.868. The fraction of sp³-hybridized carbons (Fsp3) is 0.389. The summed E-state index contributed by atoms with van der Waals surface area (Å²) >= 11 is 0. The molecule has 0 spiro atoms. The molecule has 1 atom stereocenters. The number of hydrogen-bond donors (Lipinski definition) is 2. The van der Waals surface area contributed by atoms with Crippen molar-refractivity contribution in [3.8, 4) is 0 Å². The first-order valence-corrected chi connectivity index (χ1v) is 8.46. The molecular weight excluding hydrogens is 318 g/mol. The first kappa shape index (κ1) is 17.2. The lowest BCUT2D eigenvalue weighted by atomic mass is 10.2. The Morgan fingerprint density at radius 1 is 1.20 bits per heavy atom. The number of carbonyl (C=O) groups is 1. The Bertz CT molecular complexity index is 689. The molecule has 1 aliphatic heterocycles. The minimum absolute atomic E-state index is 0.159. The molecule has 2 aromatic rings. The maximum absolute atomic E-state index is 12.2. The lowest BCUT2D eigenvalue weighted by Gasteiger charge is -2.29. The summed E-state index contributed by atoms with van der Waals surface area (Å²) in [6.07, 6.45) is 3.49. The smallest absolute Gasteiger partial charge is 0.315 e. The van der Waals surface area contributed by atoms with E-state index in [4.69, 9.17) is 4.74 Å². The summed E-state index contributed by atoms with van der Waals surface area (Å²) in [7, 11) is 0.